The van der Waals surface area contributed by atoms with E-state index in [1.165, 1.54) is 49.4 Å². The second-order valence-electron chi connectivity index (χ2n) is 11.6. The maximum Gasteiger partial charge on any atom is 0.378 e. The number of rotatable bonds is 0. The standard InChI is InChI=1S/C36H19N5O/c1-3-10-24-20(8-1)21-14-16-27-31-33(21)40(24)28-13-5-6-19-38(28)36(31)30-22-9-2-4-11-25(22)39-26-12-7-18-37-32(26)23-15-17-29(42-27)41(36)34(23)35(30)39/h1-19H/q+2. The van der Waals surface area contributed by atoms with Crippen LogP contribution in [-0.4, -0.2) is 14.0 Å². The predicted molar refractivity (Wildman–Crippen MR) is 161 cm³/mol. The molecule has 0 fully saturated rings. The number of hydrogen-bond acceptors (Lipinski definition) is 2. The highest BCUT2D eigenvalue weighted by Crippen LogP contribution is 2.55. The van der Waals surface area contributed by atoms with Gasteiger partial charge in [0.25, 0.3) is 5.82 Å². The first-order valence-electron chi connectivity index (χ1n) is 14.3. The Hall–Kier alpha value is -5.75. The van der Waals surface area contributed by atoms with Crippen molar-refractivity contribution >= 4 is 60.2 Å². The number of hydrogen-bond donors (Lipinski definition) is 0. The fourth-order valence-electron chi connectivity index (χ4n) is 8.62. The van der Waals surface area contributed by atoms with Crippen molar-refractivity contribution in [3.05, 3.63) is 127 Å². The van der Waals surface area contributed by atoms with Crippen molar-refractivity contribution < 1.29 is 13.9 Å². The SMILES string of the molecule is c1cc[n+]2c(c1)-n1c3ccccc3c3ccc4c(c31)C21c2c3ccccc3n3c5cccnc5c5ccc([n+]1c5c23)O4. The van der Waals surface area contributed by atoms with Crippen LogP contribution in [0, 0.1) is 0 Å². The van der Waals surface area contributed by atoms with Crippen LogP contribution in [0.5, 0.6) is 11.6 Å². The summed E-state index contributed by atoms with van der Waals surface area (Å²) in [7, 11) is 0. The average molecular weight is 538 g/mol. The van der Waals surface area contributed by atoms with E-state index in [-0.39, 0.29) is 0 Å². The molecule has 0 saturated carbocycles. The molecular formula is C36H19N5O+2. The molecule has 0 saturated heterocycles. The molecule has 12 rings (SSSR count). The van der Waals surface area contributed by atoms with Crippen LogP contribution in [0.2, 0.25) is 0 Å². The van der Waals surface area contributed by atoms with Gasteiger partial charge in [0.15, 0.2) is 16.8 Å². The van der Waals surface area contributed by atoms with Crippen molar-refractivity contribution in [1.82, 2.24) is 14.0 Å². The normalized spacial score (nSPS) is 17.3. The lowest BCUT2D eigenvalue weighted by atomic mass is 9.86. The second kappa shape index (κ2) is 6.26. The molecule has 0 radical (unpaired) electrons. The van der Waals surface area contributed by atoms with Crippen LogP contribution in [-0.2, 0) is 5.66 Å². The summed E-state index contributed by atoms with van der Waals surface area (Å²) in [5.74, 6) is 2.86. The van der Waals surface area contributed by atoms with Gasteiger partial charge >= 0.3 is 11.5 Å². The van der Waals surface area contributed by atoms with Crippen LogP contribution in [0.15, 0.2) is 116 Å². The van der Waals surface area contributed by atoms with Crippen molar-refractivity contribution in [2.45, 2.75) is 5.66 Å². The second-order valence-corrected chi connectivity index (χ2v) is 11.6. The van der Waals surface area contributed by atoms with Crippen LogP contribution in [0.1, 0.15) is 11.1 Å². The molecule has 3 aliphatic heterocycles. The zero-order valence-corrected chi connectivity index (χ0v) is 22.1. The molecule has 0 amide bonds. The van der Waals surface area contributed by atoms with Gasteiger partial charge in [-0.2, -0.15) is 9.13 Å². The molecule has 192 valence electrons. The quantitative estimate of drug-likeness (QED) is 0.164. The van der Waals surface area contributed by atoms with Crippen molar-refractivity contribution in [2.75, 3.05) is 0 Å². The van der Waals surface area contributed by atoms with Gasteiger partial charge in [0, 0.05) is 28.4 Å². The fraction of sp³-hybridized carbons (Fsp3) is 0.0278. The molecule has 1 spiro atoms. The third kappa shape index (κ3) is 1.82. The number of benzene rings is 3. The van der Waals surface area contributed by atoms with E-state index in [1.807, 2.05) is 12.3 Å². The summed E-state index contributed by atoms with van der Waals surface area (Å²) in [6.45, 7) is 0. The first kappa shape index (κ1) is 20.2. The van der Waals surface area contributed by atoms with E-state index in [2.05, 4.69) is 121 Å². The molecule has 1 unspecified atom stereocenters. The minimum Gasteiger partial charge on any atom is -0.404 e. The number of nitrogens with zero attached hydrogens (tertiary/aromatic N) is 5. The Morgan fingerprint density at radius 2 is 1.45 bits per heavy atom. The van der Waals surface area contributed by atoms with Gasteiger partial charge < -0.3 is 9.14 Å². The van der Waals surface area contributed by atoms with E-state index >= 15 is 0 Å². The minimum atomic E-state index is -0.697. The van der Waals surface area contributed by atoms with E-state index < -0.39 is 5.66 Å². The maximum absolute atomic E-state index is 6.87. The third-order valence-electron chi connectivity index (χ3n) is 9.92. The summed E-state index contributed by atoms with van der Waals surface area (Å²) in [4.78, 5) is 4.95. The first-order valence-corrected chi connectivity index (χ1v) is 14.3. The van der Waals surface area contributed by atoms with Gasteiger partial charge in [-0.3, -0.25) is 4.98 Å². The van der Waals surface area contributed by atoms with Crippen LogP contribution < -0.4 is 13.9 Å². The molecule has 9 heterocycles. The summed E-state index contributed by atoms with van der Waals surface area (Å²) in [6.07, 6.45) is 4.15. The lowest BCUT2D eigenvalue weighted by Crippen LogP contribution is -2.76. The number of ether oxygens (including phenoxy) is 1. The van der Waals surface area contributed by atoms with Gasteiger partial charge in [-0.15, -0.1) is 4.57 Å². The molecule has 1 atom stereocenters. The van der Waals surface area contributed by atoms with Crippen molar-refractivity contribution in [3.63, 3.8) is 0 Å². The van der Waals surface area contributed by atoms with Gasteiger partial charge in [-0.05, 0) is 54.6 Å². The molecular weight excluding hydrogens is 518 g/mol. The highest BCUT2D eigenvalue weighted by atomic mass is 16.5. The summed E-state index contributed by atoms with van der Waals surface area (Å²) < 4.78 is 16.7. The van der Waals surface area contributed by atoms with Crippen molar-refractivity contribution in [2.24, 2.45) is 0 Å². The van der Waals surface area contributed by atoms with Crippen LogP contribution in [0.25, 0.3) is 66.0 Å². The van der Waals surface area contributed by atoms with Gasteiger partial charge in [-0.25, -0.2) is 0 Å². The Balaban J connectivity index is 1.48. The molecule has 6 heteroatoms. The van der Waals surface area contributed by atoms with Crippen LogP contribution in [0.4, 0.5) is 0 Å². The topological polar surface area (TPSA) is 39.2 Å². The monoisotopic (exact) mass is 537 g/mol. The van der Waals surface area contributed by atoms with Gasteiger partial charge in [0.2, 0.25) is 5.52 Å². The van der Waals surface area contributed by atoms with E-state index in [0.717, 1.165) is 39.4 Å². The summed E-state index contributed by atoms with van der Waals surface area (Å²) in [5.41, 5.74) is 9.83. The third-order valence-corrected chi connectivity index (χ3v) is 9.92. The molecule has 3 aromatic carbocycles. The summed E-state index contributed by atoms with van der Waals surface area (Å²) in [6, 6.07) is 37.1. The van der Waals surface area contributed by atoms with Gasteiger partial charge in [0.1, 0.15) is 22.1 Å². The van der Waals surface area contributed by atoms with Crippen LogP contribution in [0.3, 0.4) is 0 Å². The zero-order valence-electron chi connectivity index (χ0n) is 22.1. The lowest BCUT2D eigenvalue weighted by molar-refractivity contribution is -0.958. The lowest BCUT2D eigenvalue weighted by Gasteiger charge is -2.33. The molecule has 0 aliphatic carbocycles. The maximum atomic E-state index is 6.87. The fourth-order valence-corrected chi connectivity index (χ4v) is 8.62. The Bertz CT molecular complexity index is 2790. The van der Waals surface area contributed by atoms with E-state index in [0.29, 0.717) is 0 Å². The Morgan fingerprint density at radius 1 is 0.643 bits per heavy atom. The van der Waals surface area contributed by atoms with E-state index in [4.69, 9.17) is 9.72 Å². The van der Waals surface area contributed by atoms with E-state index in [9.17, 15) is 0 Å². The molecule has 0 bridgehead atoms. The smallest absolute Gasteiger partial charge is 0.378 e. The van der Waals surface area contributed by atoms with Crippen LogP contribution >= 0.6 is 0 Å². The highest BCUT2D eigenvalue weighted by Gasteiger charge is 2.68. The van der Waals surface area contributed by atoms with Gasteiger partial charge in [0.05, 0.1) is 28.7 Å². The zero-order chi connectivity index (χ0) is 26.9. The number of pyridine rings is 4. The van der Waals surface area contributed by atoms with Crippen molar-refractivity contribution in [1.29, 1.82) is 0 Å². The Labute approximate surface area is 237 Å². The summed E-state index contributed by atoms with van der Waals surface area (Å²) >= 11 is 0. The average Bonchev–Trinajstić information content (AvgIpc) is 3.68. The number of para-hydroxylation sites is 2. The molecule has 0 N–H and O–H groups in total. The number of fused-ring (bicyclic) bond motifs is 11. The summed E-state index contributed by atoms with van der Waals surface area (Å²) in [5, 5.41) is 4.85. The first-order chi connectivity index (χ1) is 20.9. The van der Waals surface area contributed by atoms with Gasteiger partial charge in [-0.1, -0.05) is 36.4 Å². The van der Waals surface area contributed by atoms with Crippen molar-refractivity contribution in [3.8, 4) is 17.4 Å². The Kier molecular flexibility index (Phi) is 3.01. The largest absolute Gasteiger partial charge is 0.404 e. The molecule has 6 aromatic heterocycles. The highest BCUT2D eigenvalue weighted by molar-refractivity contribution is 6.16. The number of aromatic nitrogens is 5. The molecule has 3 aliphatic rings. The predicted octanol–water partition coefficient (Wildman–Crippen LogP) is 6.50. The molecule has 6 nitrogen and oxygen atoms in total. The minimum absolute atomic E-state index is 0.697. The van der Waals surface area contributed by atoms with E-state index in [1.54, 1.807) is 0 Å². The molecule has 42 heavy (non-hydrogen) atoms. The molecule has 9 aromatic rings. The Morgan fingerprint density at radius 3 is 2.40 bits per heavy atom.